The lowest BCUT2D eigenvalue weighted by atomic mass is 10.0. The number of carbonyl (C=O) groups excluding carboxylic acids is 1. The van der Waals surface area contributed by atoms with Gasteiger partial charge in [-0.15, -0.1) is 0 Å². The highest BCUT2D eigenvalue weighted by Crippen LogP contribution is 2.38. The second kappa shape index (κ2) is 65.3. The quantitative estimate of drug-likeness (QED) is 0.0272. The number of allylic oxidation sites excluding steroid dienone is 19. The molecule has 0 spiro atoms. The van der Waals surface area contributed by atoms with Gasteiger partial charge < -0.3 is 28.8 Å². The van der Waals surface area contributed by atoms with Crippen LogP contribution in [0.25, 0.3) is 0 Å². The Morgan fingerprint density at radius 2 is 0.729 bits per heavy atom. The van der Waals surface area contributed by atoms with E-state index >= 15 is 0 Å². The van der Waals surface area contributed by atoms with Gasteiger partial charge in [-0.05, 0) is 103 Å². The molecule has 0 bridgehead atoms. The number of nitrogens with zero attached hydrogens (tertiary/aromatic N) is 1. The number of amides is 1. The van der Waals surface area contributed by atoms with Gasteiger partial charge in [0.2, 0.25) is 5.91 Å². The van der Waals surface area contributed by atoms with Crippen LogP contribution in [-0.2, 0) is 18.4 Å². The summed E-state index contributed by atoms with van der Waals surface area (Å²) in [6.45, 7) is 4.53. The molecule has 490 valence electrons. The van der Waals surface area contributed by atoms with Crippen LogP contribution in [0.2, 0.25) is 0 Å². The highest BCUT2D eigenvalue weighted by Gasteiger charge is 2.23. The van der Waals surface area contributed by atoms with Crippen LogP contribution in [0.15, 0.2) is 122 Å². The number of nitrogens with one attached hydrogen (secondary N) is 1. The van der Waals surface area contributed by atoms with Crippen LogP contribution in [0.4, 0.5) is 0 Å². The predicted molar refractivity (Wildman–Crippen MR) is 371 cm³/mol. The van der Waals surface area contributed by atoms with Crippen LogP contribution < -0.4 is 10.2 Å². The maximum absolute atomic E-state index is 13.0. The first-order chi connectivity index (χ1) is 41.5. The van der Waals surface area contributed by atoms with Gasteiger partial charge in [-0.3, -0.25) is 9.36 Å². The van der Waals surface area contributed by atoms with Crippen LogP contribution in [0.1, 0.15) is 303 Å². The molecule has 0 aromatic rings. The zero-order chi connectivity index (χ0) is 61.9. The van der Waals surface area contributed by atoms with E-state index in [0.29, 0.717) is 17.4 Å². The van der Waals surface area contributed by atoms with E-state index in [1.54, 1.807) is 6.08 Å². The van der Waals surface area contributed by atoms with E-state index in [4.69, 9.17) is 9.05 Å². The monoisotopic (exact) mass is 1200 g/mol. The van der Waals surface area contributed by atoms with Crippen molar-refractivity contribution in [3.8, 4) is 0 Å². The molecule has 0 saturated heterocycles. The number of quaternary nitrogens is 1. The van der Waals surface area contributed by atoms with Crippen molar-refractivity contribution in [1.29, 1.82) is 0 Å². The molecule has 0 fully saturated rings. The Hall–Kier alpha value is -3.10. The summed E-state index contributed by atoms with van der Waals surface area (Å²) in [5.41, 5.74) is 0. The number of unbranched alkanes of at least 4 members (excludes halogenated alkanes) is 33. The number of rotatable bonds is 64. The number of aliphatic hydroxyl groups excluding tert-OH is 1. The molecule has 0 saturated carbocycles. The fourth-order valence-electron chi connectivity index (χ4n) is 9.93. The Balaban J connectivity index is 4.15. The molecule has 85 heavy (non-hydrogen) atoms. The third kappa shape index (κ3) is 68.3. The second-order valence-corrected chi connectivity index (χ2v) is 26.2. The minimum atomic E-state index is -4.62. The van der Waals surface area contributed by atoms with Crippen LogP contribution in [0.5, 0.6) is 0 Å². The zero-order valence-electron chi connectivity index (χ0n) is 56.0. The van der Waals surface area contributed by atoms with Crippen LogP contribution >= 0.6 is 7.82 Å². The van der Waals surface area contributed by atoms with Crippen LogP contribution in [-0.4, -0.2) is 68.5 Å². The molecule has 1 amide bonds. The molecule has 8 nitrogen and oxygen atoms in total. The first kappa shape index (κ1) is 81.9. The molecule has 0 rings (SSSR count). The summed E-state index contributed by atoms with van der Waals surface area (Å²) < 4.78 is 23.4. The van der Waals surface area contributed by atoms with E-state index in [-0.39, 0.29) is 12.5 Å². The van der Waals surface area contributed by atoms with E-state index in [1.807, 2.05) is 27.2 Å². The Morgan fingerprint density at radius 1 is 0.424 bits per heavy atom. The topological polar surface area (TPSA) is 108 Å². The zero-order valence-corrected chi connectivity index (χ0v) is 56.9. The predicted octanol–water partition coefficient (Wildman–Crippen LogP) is 22.2. The largest absolute Gasteiger partial charge is 0.756 e. The van der Waals surface area contributed by atoms with Gasteiger partial charge in [0.1, 0.15) is 13.2 Å². The average Bonchev–Trinajstić information content (AvgIpc) is 3.48. The lowest BCUT2D eigenvalue weighted by Gasteiger charge is -2.29. The fourth-order valence-corrected chi connectivity index (χ4v) is 10.7. The van der Waals surface area contributed by atoms with E-state index in [9.17, 15) is 19.4 Å². The van der Waals surface area contributed by atoms with Gasteiger partial charge in [-0.25, -0.2) is 0 Å². The maximum atomic E-state index is 13.0. The third-order valence-electron chi connectivity index (χ3n) is 15.4. The molecule has 0 heterocycles. The first-order valence-corrected chi connectivity index (χ1v) is 36.9. The summed E-state index contributed by atoms with van der Waals surface area (Å²) in [7, 11) is 1.23. The summed E-state index contributed by atoms with van der Waals surface area (Å²) in [5, 5.41) is 13.9. The Morgan fingerprint density at radius 3 is 1.09 bits per heavy atom. The summed E-state index contributed by atoms with van der Waals surface area (Å²) in [6, 6.07) is -0.920. The highest BCUT2D eigenvalue weighted by molar-refractivity contribution is 7.45. The van der Waals surface area contributed by atoms with E-state index < -0.39 is 26.6 Å². The Bertz CT molecular complexity index is 1800. The Labute approximate surface area is 526 Å². The normalized spacial score (nSPS) is 14.4. The molecule has 0 aliphatic carbocycles. The molecule has 3 unspecified atom stereocenters. The number of hydrogen-bond donors (Lipinski definition) is 2. The molecule has 0 aromatic carbocycles. The van der Waals surface area contributed by atoms with Crippen molar-refractivity contribution < 1.29 is 32.9 Å². The lowest BCUT2D eigenvalue weighted by Crippen LogP contribution is -2.45. The number of hydrogen-bond acceptors (Lipinski definition) is 6. The molecule has 2 N–H and O–H groups in total. The number of likely N-dealkylation sites (N-methyl/N-ethyl adjacent to an activating group) is 1. The van der Waals surface area contributed by atoms with Crippen molar-refractivity contribution in [3.05, 3.63) is 122 Å². The molecule has 0 aromatic heterocycles. The molecule has 0 aliphatic heterocycles. The minimum absolute atomic E-state index is 0.0139. The smallest absolute Gasteiger partial charge is 0.268 e. The van der Waals surface area contributed by atoms with Crippen LogP contribution in [0, 0.1) is 0 Å². The molecular weight excluding hydrogens is 1070 g/mol. The number of aliphatic hydroxyl groups is 1. The fraction of sp³-hybridized carbons (Fsp3) is 0.724. The van der Waals surface area contributed by atoms with Gasteiger partial charge >= 0.3 is 0 Å². The summed E-state index contributed by atoms with van der Waals surface area (Å²) in [4.78, 5) is 25.6. The molecule has 9 heteroatoms. The van der Waals surface area contributed by atoms with Crippen molar-refractivity contribution in [3.63, 3.8) is 0 Å². The Kier molecular flexibility index (Phi) is 63.0. The standard InChI is InChI=1S/C76H135N2O6P/c1-6-8-10-12-14-16-18-20-22-24-26-28-30-32-34-36-37-38-39-40-41-42-44-46-48-50-52-54-56-58-60-62-64-66-68-70-76(80)77-74(73-84-85(81,82)83-72-71-78(3,4)5)75(79)69-67-65-63-61-59-57-55-53-51-49-47-45-43-35-33-31-29-27-25-23-21-19-17-15-13-11-9-7-2/h8,10,14,16,20,22,26,28,32,34,37-38,40-41,51,53,59,61,67,69,74-75,79H,6-7,9,11-13,15,17-19,21,23-25,27,29-31,33,35-36,39,42-50,52,54-58,60,62-66,68,70-73H2,1-5H3,(H-,77,80,81,82)/b10-8-,16-14-,22-20-,28-26-,34-32-,38-37-,41-40-,53-51+,61-59+,69-67+. The van der Waals surface area contributed by atoms with Crippen LogP contribution in [0.3, 0.4) is 0 Å². The van der Waals surface area contributed by atoms with Crippen molar-refractivity contribution >= 4 is 13.7 Å². The molecule has 3 atom stereocenters. The maximum Gasteiger partial charge on any atom is 0.268 e. The van der Waals surface area contributed by atoms with Crippen molar-refractivity contribution in [2.24, 2.45) is 0 Å². The number of phosphoric ester groups is 1. The van der Waals surface area contributed by atoms with E-state index in [2.05, 4.69) is 129 Å². The molecule has 0 aliphatic rings. The minimum Gasteiger partial charge on any atom is -0.756 e. The second-order valence-electron chi connectivity index (χ2n) is 24.8. The van der Waals surface area contributed by atoms with Gasteiger partial charge in [-0.1, -0.05) is 315 Å². The van der Waals surface area contributed by atoms with Crippen molar-refractivity contribution in [2.75, 3.05) is 40.9 Å². The van der Waals surface area contributed by atoms with E-state index in [0.717, 1.165) is 89.9 Å². The summed E-state index contributed by atoms with van der Waals surface area (Å²) >= 11 is 0. The van der Waals surface area contributed by atoms with Gasteiger partial charge in [0.15, 0.2) is 0 Å². The highest BCUT2D eigenvalue weighted by atomic mass is 31.2. The summed E-state index contributed by atoms with van der Waals surface area (Å²) in [5.74, 6) is -0.214. The van der Waals surface area contributed by atoms with Crippen molar-refractivity contribution in [1.82, 2.24) is 5.32 Å². The number of carbonyl (C=O) groups is 1. The van der Waals surface area contributed by atoms with Gasteiger partial charge in [0.25, 0.3) is 7.82 Å². The number of phosphoric acid groups is 1. The van der Waals surface area contributed by atoms with Gasteiger partial charge in [-0.2, -0.15) is 0 Å². The SMILES string of the molecule is CC/C=C\C/C=C\C/C=C\C/C=C\C/C=C\C/C=C\C/C=C\CCCCCCCCCCCCCCCC(=O)NC(COP(=O)([O-])OCC[N+](C)(C)C)C(O)/C=C/CC/C=C/CC/C=C/CCCCCCCCCCCCCCCCCCCC. The summed E-state index contributed by atoms with van der Waals surface area (Å²) in [6.07, 6.45) is 97.5. The van der Waals surface area contributed by atoms with Gasteiger partial charge in [0, 0.05) is 6.42 Å². The molecule has 0 radical (unpaired) electrons. The average molecular weight is 1200 g/mol. The third-order valence-corrected chi connectivity index (χ3v) is 16.3. The molecular formula is C76H135N2O6P. The first-order valence-electron chi connectivity index (χ1n) is 35.4. The van der Waals surface area contributed by atoms with Gasteiger partial charge in [0.05, 0.1) is 39.9 Å². The lowest BCUT2D eigenvalue weighted by molar-refractivity contribution is -0.870. The van der Waals surface area contributed by atoms with Crippen molar-refractivity contribution in [2.45, 2.75) is 315 Å². The van der Waals surface area contributed by atoms with E-state index in [1.165, 1.54) is 193 Å².